The molecule has 13 heteroatoms. The van der Waals surface area contributed by atoms with E-state index in [1.54, 1.807) is 17.4 Å². The number of pyridine rings is 1. The van der Waals surface area contributed by atoms with Gasteiger partial charge in [0.1, 0.15) is 28.5 Å². The van der Waals surface area contributed by atoms with Gasteiger partial charge in [-0.25, -0.2) is 9.97 Å². The molecular formula is C21H24F3N7O2S. The quantitative estimate of drug-likeness (QED) is 0.304. The van der Waals surface area contributed by atoms with Gasteiger partial charge in [0.25, 0.3) is 5.56 Å². The summed E-state index contributed by atoms with van der Waals surface area (Å²) in [4.78, 5) is 36.5. The molecule has 4 rings (SSSR count). The van der Waals surface area contributed by atoms with E-state index in [2.05, 4.69) is 20.3 Å². The van der Waals surface area contributed by atoms with Crippen LogP contribution in [0.1, 0.15) is 35.3 Å². The topological polar surface area (TPSA) is 141 Å². The fourth-order valence-corrected chi connectivity index (χ4v) is 4.67. The summed E-state index contributed by atoms with van der Waals surface area (Å²) in [5.74, 6) is 0.812. The van der Waals surface area contributed by atoms with Crippen molar-refractivity contribution >= 4 is 51.5 Å². The van der Waals surface area contributed by atoms with Crippen LogP contribution in [0.4, 0.5) is 30.5 Å². The molecule has 1 amide bonds. The van der Waals surface area contributed by atoms with Gasteiger partial charge in [-0.05, 0) is 37.3 Å². The third-order valence-corrected chi connectivity index (χ3v) is 6.39. The number of fused-ring (bicyclic) bond motifs is 3. The van der Waals surface area contributed by atoms with Crippen molar-refractivity contribution in [3.8, 4) is 0 Å². The largest absolute Gasteiger partial charge is 0.390 e. The third kappa shape index (κ3) is 6.10. The van der Waals surface area contributed by atoms with Crippen LogP contribution in [0, 0.1) is 5.41 Å². The Labute approximate surface area is 196 Å². The smallest absolute Gasteiger partial charge is 0.385 e. The molecule has 3 aromatic rings. The Hall–Kier alpha value is -3.48. The summed E-state index contributed by atoms with van der Waals surface area (Å²) >= 11 is 1.71. The minimum absolute atomic E-state index is 0.182. The third-order valence-electron chi connectivity index (χ3n) is 5.19. The number of carbonyl (C=O) groups is 1. The highest BCUT2D eigenvalue weighted by atomic mass is 32.1. The number of hydrogen-bond donors (Lipinski definition) is 4. The Morgan fingerprint density at radius 2 is 2.06 bits per heavy atom. The van der Waals surface area contributed by atoms with Crippen LogP contribution in [0.15, 0.2) is 17.2 Å². The minimum Gasteiger partial charge on any atom is -0.385 e. The number of H-pyrrole nitrogens is 1. The van der Waals surface area contributed by atoms with Gasteiger partial charge in [-0.1, -0.05) is 0 Å². The molecule has 0 atom stereocenters. The molecule has 0 aromatic carbocycles. The molecule has 3 aromatic heterocycles. The number of carbonyl (C=O) groups excluding carboxylic acids is 1. The Balaban J connectivity index is 0.000000277. The fourth-order valence-electron chi connectivity index (χ4n) is 3.44. The summed E-state index contributed by atoms with van der Waals surface area (Å²) in [5, 5.41) is 11.5. The van der Waals surface area contributed by atoms with Gasteiger partial charge in [-0.15, -0.1) is 11.3 Å². The molecule has 0 aliphatic heterocycles. The summed E-state index contributed by atoms with van der Waals surface area (Å²) in [7, 11) is 1.30. The SMILES string of the molecule is CN(C=O)CCC(F)(F)F.N=Cc1cc(Nc2ncnc3sc4c(c23)CCCC4)c(=O)[nH]c1N. The average Bonchev–Trinajstić information content (AvgIpc) is 3.18. The van der Waals surface area contributed by atoms with E-state index in [0.29, 0.717) is 23.5 Å². The zero-order valence-electron chi connectivity index (χ0n) is 18.3. The minimum atomic E-state index is -4.17. The van der Waals surface area contributed by atoms with Crippen LogP contribution < -0.4 is 16.6 Å². The number of hydrogen-bond acceptors (Lipinski definition) is 8. The van der Waals surface area contributed by atoms with Crippen molar-refractivity contribution in [3.05, 3.63) is 38.8 Å². The Kier molecular flexibility index (Phi) is 7.87. The van der Waals surface area contributed by atoms with E-state index in [0.717, 1.165) is 40.6 Å². The lowest BCUT2D eigenvalue weighted by molar-refractivity contribution is -0.139. The van der Waals surface area contributed by atoms with E-state index in [4.69, 9.17) is 11.1 Å². The molecular weight excluding hydrogens is 471 g/mol. The first-order chi connectivity index (χ1) is 16.1. The van der Waals surface area contributed by atoms with Crippen LogP contribution >= 0.6 is 11.3 Å². The van der Waals surface area contributed by atoms with Crippen LogP contribution in [0.5, 0.6) is 0 Å². The van der Waals surface area contributed by atoms with E-state index in [9.17, 15) is 22.8 Å². The van der Waals surface area contributed by atoms with Crippen molar-refractivity contribution in [3.63, 3.8) is 0 Å². The molecule has 9 nitrogen and oxygen atoms in total. The van der Waals surface area contributed by atoms with Gasteiger partial charge in [0, 0.05) is 30.2 Å². The number of amides is 1. The van der Waals surface area contributed by atoms with Gasteiger partial charge in [-0.2, -0.15) is 13.2 Å². The van der Waals surface area contributed by atoms with Crippen molar-refractivity contribution in [1.82, 2.24) is 19.9 Å². The molecule has 0 bridgehead atoms. The van der Waals surface area contributed by atoms with E-state index in [1.807, 2.05) is 0 Å². The summed E-state index contributed by atoms with van der Waals surface area (Å²) in [6.07, 6.45) is 2.33. The number of aromatic amines is 1. The van der Waals surface area contributed by atoms with Gasteiger partial charge in [-0.3, -0.25) is 9.59 Å². The maximum absolute atomic E-state index is 12.2. The molecule has 1 aliphatic carbocycles. The van der Waals surface area contributed by atoms with E-state index in [-0.39, 0.29) is 17.9 Å². The summed E-state index contributed by atoms with van der Waals surface area (Å²) in [6.45, 7) is -0.271. The molecule has 0 spiro atoms. The highest BCUT2D eigenvalue weighted by molar-refractivity contribution is 7.19. The number of rotatable bonds is 6. The van der Waals surface area contributed by atoms with Crippen molar-refractivity contribution in [1.29, 1.82) is 5.41 Å². The second-order valence-corrected chi connectivity index (χ2v) is 8.80. The fraction of sp³-hybridized carbons (Fsp3) is 0.381. The number of anilines is 3. The van der Waals surface area contributed by atoms with Crippen LogP contribution in [-0.4, -0.2) is 52.2 Å². The Bertz CT molecular complexity index is 1240. The normalized spacial score (nSPS) is 12.9. The van der Waals surface area contributed by atoms with Gasteiger partial charge < -0.3 is 26.3 Å². The second-order valence-electron chi connectivity index (χ2n) is 7.72. The maximum Gasteiger partial charge on any atom is 0.390 e. The van der Waals surface area contributed by atoms with Gasteiger partial charge in [0.05, 0.1) is 11.8 Å². The number of aromatic nitrogens is 3. The number of nitrogens with zero attached hydrogens (tertiary/aromatic N) is 3. The monoisotopic (exact) mass is 495 g/mol. The summed E-state index contributed by atoms with van der Waals surface area (Å²) in [5.41, 5.74) is 7.43. The maximum atomic E-state index is 12.2. The second kappa shape index (κ2) is 10.6. The molecule has 0 unspecified atom stereocenters. The molecule has 0 saturated carbocycles. The molecule has 5 N–H and O–H groups in total. The number of thiophene rings is 1. The van der Waals surface area contributed by atoms with E-state index in [1.165, 1.54) is 30.2 Å². The van der Waals surface area contributed by atoms with Crippen LogP contribution in [0.3, 0.4) is 0 Å². The van der Waals surface area contributed by atoms with Crippen LogP contribution in [0.25, 0.3) is 10.2 Å². The van der Waals surface area contributed by atoms with Crippen molar-refractivity contribution in [2.24, 2.45) is 0 Å². The van der Waals surface area contributed by atoms with Crippen molar-refractivity contribution in [2.45, 2.75) is 38.3 Å². The van der Waals surface area contributed by atoms with E-state index < -0.39 is 12.6 Å². The Morgan fingerprint density at radius 1 is 1.32 bits per heavy atom. The predicted octanol–water partition coefficient (Wildman–Crippen LogP) is 3.61. The van der Waals surface area contributed by atoms with Crippen molar-refractivity contribution in [2.75, 3.05) is 24.6 Å². The van der Waals surface area contributed by atoms with Crippen LogP contribution in [-0.2, 0) is 17.6 Å². The Morgan fingerprint density at radius 3 is 2.74 bits per heavy atom. The highest BCUT2D eigenvalue weighted by Crippen LogP contribution is 2.38. The zero-order chi connectivity index (χ0) is 24.9. The average molecular weight is 496 g/mol. The zero-order valence-corrected chi connectivity index (χ0v) is 19.1. The van der Waals surface area contributed by atoms with Crippen LogP contribution in [0.2, 0.25) is 0 Å². The number of nitrogens with two attached hydrogens (primary N) is 1. The standard InChI is InChI=1S/C16H16N6OS.C5H8F3NO/c17-6-8-5-10(15(23)22-13(8)18)21-14-12-9-3-1-2-4-11(9)24-16(12)20-7-19-14;1-9(4-10)3-2-5(6,7)8/h5-7,17H,1-4H2,(H3,18,22,23)(H,19,20,21);4H,2-3H2,1H3. The molecule has 34 heavy (non-hydrogen) atoms. The summed E-state index contributed by atoms with van der Waals surface area (Å²) < 4.78 is 34.2. The lowest BCUT2D eigenvalue weighted by atomic mass is 9.97. The van der Waals surface area contributed by atoms with Crippen molar-refractivity contribution < 1.29 is 18.0 Å². The first-order valence-electron chi connectivity index (χ1n) is 10.4. The number of halogens is 3. The van der Waals surface area contributed by atoms with Gasteiger partial charge in [0.15, 0.2) is 0 Å². The predicted molar refractivity (Wildman–Crippen MR) is 126 cm³/mol. The molecule has 0 saturated heterocycles. The van der Waals surface area contributed by atoms with E-state index >= 15 is 0 Å². The molecule has 3 heterocycles. The van der Waals surface area contributed by atoms with Gasteiger partial charge >= 0.3 is 6.18 Å². The number of nitrogens with one attached hydrogen (secondary N) is 3. The van der Waals surface area contributed by atoms with Gasteiger partial charge in [0.2, 0.25) is 6.41 Å². The molecule has 0 radical (unpaired) electrons. The molecule has 0 fully saturated rings. The first-order valence-corrected chi connectivity index (χ1v) is 11.2. The first kappa shape index (κ1) is 25.1. The molecule has 182 valence electrons. The summed E-state index contributed by atoms with van der Waals surface area (Å²) in [6, 6.07) is 1.56. The lowest BCUT2D eigenvalue weighted by Crippen LogP contribution is -2.22. The highest BCUT2D eigenvalue weighted by Gasteiger charge is 2.26. The lowest BCUT2D eigenvalue weighted by Gasteiger charge is -2.12. The number of alkyl halides is 3. The molecule has 1 aliphatic rings. The number of aryl methyl sites for hydroxylation is 2. The number of nitrogen functional groups attached to an aromatic ring is 1.